The standard InChI is InChI=1S/C14H18N6O/c1-11-9-15-6-7-19(11)14(21)8-12-2-4-13(5-3-12)20-10-16-17-18-20/h2-5,10-11,15H,6-9H2,1H3. The van der Waals surface area contributed by atoms with E-state index in [1.54, 1.807) is 11.0 Å². The molecule has 3 rings (SSSR count). The number of hydrogen-bond acceptors (Lipinski definition) is 5. The van der Waals surface area contributed by atoms with Crippen molar-refractivity contribution in [1.29, 1.82) is 0 Å². The van der Waals surface area contributed by atoms with Crippen molar-refractivity contribution in [2.45, 2.75) is 19.4 Å². The van der Waals surface area contributed by atoms with Crippen molar-refractivity contribution < 1.29 is 4.79 Å². The lowest BCUT2D eigenvalue weighted by molar-refractivity contribution is -0.133. The van der Waals surface area contributed by atoms with E-state index >= 15 is 0 Å². The Morgan fingerprint density at radius 2 is 2.19 bits per heavy atom. The second-order valence-electron chi connectivity index (χ2n) is 5.24. The van der Waals surface area contributed by atoms with Gasteiger partial charge in [0.15, 0.2) is 0 Å². The van der Waals surface area contributed by atoms with Crippen LogP contribution in [-0.4, -0.2) is 56.7 Å². The molecule has 0 aliphatic carbocycles. The summed E-state index contributed by atoms with van der Waals surface area (Å²) in [7, 11) is 0. The summed E-state index contributed by atoms with van der Waals surface area (Å²) >= 11 is 0. The molecule has 1 fully saturated rings. The van der Waals surface area contributed by atoms with Crippen LogP contribution in [0.2, 0.25) is 0 Å². The first-order valence-electron chi connectivity index (χ1n) is 7.06. The van der Waals surface area contributed by atoms with Crippen LogP contribution >= 0.6 is 0 Å². The average molecular weight is 286 g/mol. The van der Waals surface area contributed by atoms with Gasteiger partial charge in [-0.1, -0.05) is 12.1 Å². The van der Waals surface area contributed by atoms with E-state index in [4.69, 9.17) is 0 Å². The van der Waals surface area contributed by atoms with Gasteiger partial charge in [-0.2, -0.15) is 0 Å². The largest absolute Gasteiger partial charge is 0.337 e. The van der Waals surface area contributed by atoms with Crippen LogP contribution in [0.4, 0.5) is 0 Å². The molecule has 1 aliphatic heterocycles. The molecule has 0 spiro atoms. The minimum absolute atomic E-state index is 0.180. The maximum Gasteiger partial charge on any atom is 0.227 e. The highest BCUT2D eigenvalue weighted by molar-refractivity contribution is 5.79. The number of rotatable bonds is 3. The first-order chi connectivity index (χ1) is 10.2. The molecule has 0 saturated carbocycles. The Morgan fingerprint density at radius 3 is 2.86 bits per heavy atom. The molecule has 1 aromatic carbocycles. The summed E-state index contributed by atoms with van der Waals surface area (Å²) in [6, 6.07) is 7.98. The molecule has 1 saturated heterocycles. The predicted octanol–water partition coefficient (Wildman–Crippen LogP) is 0.0251. The first-order valence-corrected chi connectivity index (χ1v) is 7.06. The second kappa shape index (κ2) is 6.01. The third kappa shape index (κ3) is 3.08. The lowest BCUT2D eigenvalue weighted by Crippen LogP contribution is -2.52. The zero-order chi connectivity index (χ0) is 14.7. The summed E-state index contributed by atoms with van der Waals surface area (Å²) in [5.41, 5.74) is 1.88. The van der Waals surface area contributed by atoms with Crippen LogP contribution in [0.15, 0.2) is 30.6 Å². The summed E-state index contributed by atoms with van der Waals surface area (Å²) in [6.45, 7) is 4.59. The Bertz CT molecular complexity index is 594. The molecule has 7 nitrogen and oxygen atoms in total. The Balaban J connectivity index is 1.66. The number of nitrogens with one attached hydrogen (secondary N) is 1. The molecule has 2 aromatic rings. The molecule has 0 bridgehead atoms. The zero-order valence-electron chi connectivity index (χ0n) is 11.9. The summed E-state index contributed by atoms with van der Waals surface area (Å²) in [4.78, 5) is 14.3. The minimum Gasteiger partial charge on any atom is -0.337 e. The van der Waals surface area contributed by atoms with Crippen molar-refractivity contribution in [2.24, 2.45) is 0 Å². The van der Waals surface area contributed by atoms with Crippen molar-refractivity contribution in [3.8, 4) is 5.69 Å². The van der Waals surface area contributed by atoms with Crippen LogP contribution in [0.5, 0.6) is 0 Å². The van der Waals surface area contributed by atoms with Crippen LogP contribution in [-0.2, 0) is 11.2 Å². The van der Waals surface area contributed by atoms with Crippen LogP contribution < -0.4 is 5.32 Å². The maximum absolute atomic E-state index is 12.4. The average Bonchev–Trinajstić information content (AvgIpc) is 3.02. The Labute approximate surface area is 122 Å². The molecule has 21 heavy (non-hydrogen) atoms. The van der Waals surface area contributed by atoms with Crippen LogP contribution in [0.25, 0.3) is 5.69 Å². The van der Waals surface area contributed by atoms with E-state index in [0.717, 1.165) is 30.9 Å². The third-order valence-electron chi connectivity index (χ3n) is 3.73. The first kappa shape index (κ1) is 13.7. The number of tetrazole rings is 1. The monoisotopic (exact) mass is 286 g/mol. The normalized spacial score (nSPS) is 18.7. The van der Waals surface area contributed by atoms with Gasteiger partial charge >= 0.3 is 0 Å². The number of aromatic nitrogens is 4. The van der Waals surface area contributed by atoms with Gasteiger partial charge in [0.05, 0.1) is 12.1 Å². The molecule has 1 amide bonds. The summed E-state index contributed by atoms with van der Waals surface area (Å²) in [5, 5.41) is 14.3. The molecule has 1 aliphatic rings. The number of carbonyl (C=O) groups is 1. The SMILES string of the molecule is CC1CNCCN1C(=O)Cc1ccc(-n2cnnn2)cc1. The highest BCUT2D eigenvalue weighted by Gasteiger charge is 2.22. The fourth-order valence-electron chi connectivity index (χ4n) is 2.53. The molecule has 1 unspecified atom stereocenters. The topological polar surface area (TPSA) is 75.9 Å². The Kier molecular flexibility index (Phi) is 3.92. The van der Waals surface area contributed by atoms with Crippen LogP contribution in [0.1, 0.15) is 12.5 Å². The number of carbonyl (C=O) groups excluding carboxylic acids is 1. The van der Waals surface area contributed by atoms with Crippen molar-refractivity contribution in [3.05, 3.63) is 36.2 Å². The van der Waals surface area contributed by atoms with Gasteiger partial charge in [0.1, 0.15) is 6.33 Å². The van der Waals surface area contributed by atoms with E-state index in [1.165, 1.54) is 0 Å². The van der Waals surface area contributed by atoms with Gasteiger partial charge in [-0.3, -0.25) is 4.79 Å². The van der Waals surface area contributed by atoms with Crippen molar-refractivity contribution in [1.82, 2.24) is 30.4 Å². The van der Waals surface area contributed by atoms with Gasteiger partial charge in [-0.25, -0.2) is 4.68 Å². The number of piperazine rings is 1. The van der Waals surface area contributed by atoms with E-state index in [9.17, 15) is 4.79 Å². The summed E-state index contributed by atoms with van der Waals surface area (Å²) < 4.78 is 1.59. The van der Waals surface area contributed by atoms with Gasteiger partial charge in [0.25, 0.3) is 0 Å². The Morgan fingerprint density at radius 1 is 1.38 bits per heavy atom. The highest BCUT2D eigenvalue weighted by Crippen LogP contribution is 2.11. The highest BCUT2D eigenvalue weighted by atomic mass is 16.2. The molecular formula is C14H18N6O. The van der Waals surface area contributed by atoms with E-state index in [2.05, 4.69) is 27.8 Å². The second-order valence-corrected chi connectivity index (χ2v) is 5.24. The van der Waals surface area contributed by atoms with E-state index in [1.807, 2.05) is 29.2 Å². The van der Waals surface area contributed by atoms with Gasteiger partial charge in [-0.05, 0) is 35.0 Å². The molecule has 2 heterocycles. The fourth-order valence-corrected chi connectivity index (χ4v) is 2.53. The number of hydrogen-bond donors (Lipinski definition) is 1. The Hall–Kier alpha value is -2.28. The molecule has 1 aromatic heterocycles. The van der Waals surface area contributed by atoms with Gasteiger partial charge < -0.3 is 10.2 Å². The van der Waals surface area contributed by atoms with Gasteiger partial charge in [-0.15, -0.1) is 5.10 Å². The van der Waals surface area contributed by atoms with E-state index in [-0.39, 0.29) is 11.9 Å². The molecule has 1 atom stereocenters. The molecular weight excluding hydrogens is 268 g/mol. The lowest BCUT2D eigenvalue weighted by atomic mass is 10.1. The van der Waals surface area contributed by atoms with Gasteiger partial charge in [0, 0.05) is 25.7 Å². The molecule has 7 heteroatoms. The fraction of sp³-hybridized carbons (Fsp3) is 0.429. The summed E-state index contributed by atoms with van der Waals surface area (Å²) in [6.07, 6.45) is 1.97. The number of benzene rings is 1. The van der Waals surface area contributed by atoms with Crippen molar-refractivity contribution in [2.75, 3.05) is 19.6 Å². The molecule has 110 valence electrons. The van der Waals surface area contributed by atoms with Crippen LogP contribution in [0, 0.1) is 0 Å². The summed E-state index contributed by atoms with van der Waals surface area (Å²) in [5.74, 6) is 0.180. The minimum atomic E-state index is 0.180. The number of nitrogens with zero attached hydrogens (tertiary/aromatic N) is 5. The number of amides is 1. The lowest BCUT2D eigenvalue weighted by Gasteiger charge is -2.34. The van der Waals surface area contributed by atoms with Gasteiger partial charge in [0.2, 0.25) is 5.91 Å². The zero-order valence-corrected chi connectivity index (χ0v) is 11.9. The molecule has 1 N–H and O–H groups in total. The van der Waals surface area contributed by atoms with E-state index < -0.39 is 0 Å². The predicted molar refractivity (Wildman–Crippen MR) is 76.9 cm³/mol. The maximum atomic E-state index is 12.4. The van der Waals surface area contributed by atoms with E-state index in [0.29, 0.717) is 6.42 Å². The smallest absolute Gasteiger partial charge is 0.227 e. The van der Waals surface area contributed by atoms with Crippen molar-refractivity contribution in [3.63, 3.8) is 0 Å². The molecule has 0 radical (unpaired) electrons. The third-order valence-corrected chi connectivity index (χ3v) is 3.73. The quantitative estimate of drug-likeness (QED) is 0.861. The van der Waals surface area contributed by atoms with Crippen molar-refractivity contribution >= 4 is 5.91 Å². The van der Waals surface area contributed by atoms with Crippen LogP contribution in [0.3, 0.4) is 0 Å².